The summed E-state index contributed by atoms with van der Waals surface area (Å²) in [6.45, 7) is 0.425. The number of ether oxygens (including phenoxy) is 1. The van der Waals surface area contributed by atoms with Crippen molar-refractivity contribution in [1.29, 1.82) is 0 Å². The number of carbonyl (C=O) groups excluding carboxylic acids is 1. The summed E-state index contributed by atoms with van der Waals surface area (Å²) in [5.41, 5.74) is 2.11. The van der Waals surface area contributed by atoms with Crippen LogP contribution in [0.4, 0.5) is 0 Å². The van der Waals surface area contributed by atoms with E-state index in [0.29, 0.717) is 0 Å². The van der Waals surface area contributed by atoms with Crippen LogP contribution in [0, 0.1) is 0 Å². The number of methoxy groups -OCH3 is 1. The minimum Gasteiger partial charge on any atom is -0.383 e. The number of nitrogen functional groups attached to an aromatic ring is 1. The molecule has 18 heavy (non-hydrogen) atoms. The molecule has 100 valence electrons. The van der Waals surface area contributed by atoms with Gasteiger partial charge in [0.2, 0.25) is 10.0 Å². The van der Waals surface area contributed by atoms with E-state index >= 15 is 0 Å². The van der Waals surface area contributed by atoms with E-state index in [1.807, 2.05) is 5.43 Å². The highest BCUT2D eigenvalue weighted by molar-refractivity contribution is 7.89. The summed E-state index contributed by atoms with van der Waals surface area (Å²) in [5, 5.41) is 0. The van der Waals surface area contributed by atoms with Crippen molar-refractivity contribution < 1.29 is 17.9 Å². The maximum atomic E-state index is 11.8. The molecule has 0 aliphatic rings. The third-order valence-corrected chi connectivity index (χ3v) is 3.59. The van der Waals surface area contributed by atoms with E-state index in [2.05, 4.69) is 4.72 Å². The molecule has 1 aromatic carbocycles. The van der Waals surface area contributed by atoms with Gasteiger partial charge in [-0.05, 0) is 18.2 Å². The summed E-state index contributed by atoms with van der Waals surface area (Å²) < 4.78 is 30.8. The van der Waals surface area contributed by atoms with Gasteiger partial charge in [0, 0.05) is 19.2 Å². The SMILES string of the molecule is COCCNS(=O)(=O)c1cccc(C(=O)NN)c1. The fraction of sp³-hybridized carbons (Fsp3) is 0.300. The van der Waals surface area contributed by atoms with Gasteiger partial charge in [0.15, 0.2) is 0 Å². The molecule has 0 saturated heterocycles. The van der Waals surface area contributed by atoms with Crippen molar-refractivity contribution in [3.63, 3.8) is 0 Å². The molecule has 0 heterocycles. The molecule has 1 aromatic rings. The van der Waals surface area contributed by atoms with Gasteiger partial charge in [-0.1, -0.05) is 6.07 Å². The number of nitrogens with one attached hydrogen (secondary N) is 2. The first kappa shape index (κ1) is 14.6. The topological polar surface area (TPSA) is 111 Å². The van der Waals surface area contributed by atoms with Gasteiger partial charge >= 0.3 is 0 Å². The van der Waals surface area contributed by atoms with E-state index < -0.39 is 15.9 Å². The predicted molar refractivity (Wildman–Crippen MR) is 65.2 cm³/mol. The molecule has 4 N–H and O–H groups in total. The lowest BCUT2D eigenvalue weighted by atomic mass is 10.2. The Hall–Kier alpha value is -1.48. The molecule has 0 spiro atoms. The molecule has 0 unspecified atom stereocenters. The van der Waals surface area contributed by atoms with Gasteiger partial charge in [-0.25, -0.2) is 19.0 Å². The third kappa shape index (κ3) is 3.77. The van der Waals surface area contributed by atoms with Crippen molar-refractivity contribution in [3.05, 3.63) is 29.8 Å². The Morgan fingerprint density at radius 2 is 2.17 bits per heavy atom. The smallest absolute Gasteiger partial charge is 0.265 e. The lowest BCUT2D eigenvalue weighted by Crippen LogP contribution is -2.31. The maximum Gasteiger partial charge on any atom is 0.265 e. The zero-order valence-corrected chi connectivity index (χ0v) is 10.7. The monoisotopic (exact) mass is 273 g/mol. The van der Waals surface area contributed by atoms with Gasteiger partial charge in [-0.2, -0.15) is 0 Å². The van der Waals surface area contributed by atoms with E-state index in [0.717, 1.165) is 0 Å². The van der Waals surface area contributed by atoms with E-state index in [1.54, 1.807) is 0 Å². The maximum absolute atomic E-state index is 11.8. The van der Waals surface area contributed by atoms with Gasteiger partial charge in [-0.15, -0.1) is 0 Å². The van der Waals surface area contributed by atoms with Crippen LogP contribution in [-0.2, 0) is 14.8 Å². The second kappa shape index (κ2) is 6.45. The van der Waals surface area contributed by atoms with Crippen molar-refractivity contribution in [2.75, 3.05) is 20.3 Å². The Balaban J connectivity index is 2.92. The van der Waals surface area contributed by atoms with Crippen molar-refractivity contribution in [2.24, 2.45) is 5.84 Å². The zero-order valence-electron chi connectivity index (χ0n) is 9.84. The van der Waals surface area contributed by atoms with Crippen molar-refractivity contribution in [2.45, 2.75) is 4.90 Å². The fourth-order valence-corrected chi connectivity index (χ4v) is 2.31. The molecule has 7 nitrogen and oxygen atoms in total. The number of rotatable bonds is 6. The molecule has 0 bridgehead atoms. The average Bonchev–Trinajstić information content (AvgIpc) is 2.38. The molecule has 0 radical (unpaired) electrons. The summed E-state index contributed by atoms with van der Waals surface area (Å²) in [6, 6.07) is 5.57. The van der Waals surface area contributed by atoms with E-state index in [1.165, 1.54) is 31.4 Å². The highest BCUT2D eigenvalue weighted by Crippen LogP contribution is 2.11. The minimum atomic E-state index is -3.65. The van der Waals surface area contributed by atoms with Crippen LogP contribution in [0.3, 0.4) is 0 Å². The van der Waals surface area contributed by atoms with E-state index in [-0.39, 0.29) is 23.6 Å². The van der Waals surface area contributed by atoms with Crippen molar-refractivity contribution >= 4 is 15.9 Å². The second-order valence-corrected chi connectivity index (χ2v) is 5.16. The van der Waals surface area contributed by atoms with Gasteiger partial charge < -0.3 is 4.74 Å². The van der Waals surface area contributed by atoms with Crippen LogP contribution in [0.2, 0.25) is 0 Å². The van der Waals surface area contributed by atoms with Gasteiger partial charge in [0.25, 0.3) is 5.91 Å². The number of carbonyl (C=O) groups is 1. The van der Waals surface area contributed by atoms with Crippen LogP contribution in [0.25, 0.3) is 0 Å². The number of hydrazine groups is 1. The van der Waals surface area contributed by atoms with E-state index in [4.69, 9.17) is 10.6 Å². The number of hydrogen-bond acceptors (Lipinski definition) is 5. The van der Waals surface area contributed by atoms with Crippen LogP contribution in [0.5, 0.6) is 0 Å². The Labute approximate surface area is 105 Å². The lowest BCUT2D eigenvalue weighted by Gasteiger charge is -2.07. The number of sulfonamides is 1. The van der Waals surface area contributed by atoms with Gasteiger partial charge in [0.1, 0.15) is 0 Å². The molecule has 0 aromatic heterocycles. The molecule has 1 amide bonds. The normalized spacial score (nSPS) is 11.2. The Kier molecular flexibility index (Phi) is 5.23. The third-order valence-electron chi connectivity index (χ3n) is 2.14. The predicted octanol–water partition coefficient (Wildman–Crippen LogP) is -0.785. The number of amides is 1. The molecule has 8 heteroatoms. The summed E-state index contributed by atoms with van der Waals surface area (Å²) in [7, 11) is -2.17. The summed E-state index contributed by atoms with van der Waals surface area (Å²) >= 11 is 0. The molecule has 0 aliphatic carbocycles. The quantitative estimate of drug-likeness (QED) is 0.272. The molecule has 0 aliphatic heterocycles. The summed E-state index contributed by atoms with van der Waals surface area (Å²) in [4.78, 5) is 11.3. The first-order chi connectivity index (χ1) is 8.51. The van der Waals surface area contributed by atoms with Crippen molar-refractivity contribution in [1.82, 2.24) is 10.1 Å². The summed E-state index contributed by atoms with van der Waals surface area (Å²) in [6.07, 6.45) is 0. The summed E-state index contributed by atoms with van der Waals surface area (Å²) in [5.74, 6) is 4.43. The molecule has 1 rings (SSSR count). The van der Waals surface area contributed by atoms with Gasteiger partial charge in [0.05, 0.1) is 11.5 Å². The van der Waals surface area contributed by atoms with Crippen LogP contribution in [0.1, 0.15) is 10.4 Å². The first-order valence-corrected chi connectivity index (χ1v) is 6.59. The highest BCUT2D eigenvalue weighted by atomic mass is 32.2. The molecular formula is C10H15N3O4S. The Bertz CT molecular complexity index is 516. The average molecular weight is 273 g/mol. The van der Waals surface area contributed by atoms with E-state index in [9.17, 15) is 13.2 Å². The highest BCUT2D eigenvalue weighted by Gasteiger charge is 2.15. The largest absolute Gasteiger partial charge is 0.383 e. The molecule has 0 fully saturated rings. The van der Waals surface area contributed by atoms with Crippen LogP contribution < -0.4 is 16.0 Å². The first-order valence-electron chi connectivity index (χ1n) is 5.11. The minimum absolute atomic E-state index is 0.000275. The molecular weight excluding hydrogens is 258 g/mol. The Morgan fingerprint density at radius 1 is 1.44 bits per heavy atom. The van der Waals surface area contributed by atoms with Crippen molar-refractivity contribution in [3.8, 4) is 0 Å². The number of nitrogens with two attached hydrogens (primary N) is 1. The fourth-order valence-electron chi connectivity index (χ4n) is 1.25. The molecule has 0 saturated carbocycles. The van der Waals surface area contributed by atoms with Crippen LogP contribution in [0.15, 0.2) is 29.2 Å². The molecule has 0 atom stereocenters. The van der Waals surface area contributed by atoms with Crippen LogP contribution in [-0.4, -0.2) is 34.6 Å². The van der Waals surface area contributed by atoms with Crippen LogP contribution >= 0.6 is 0 Å². The number of hydrogen-bond donors (Lipinski definition) is 3. The second-order valence-electron chi connectivity index (χ2n) is 3.39. The lowest BCUT2D eigenvalue weighted by molar-refractivity contribution is 0.0953. The van der Waals surface area contributed by atoms with Gasteiger partial charge in [-0.3, -0.25) is 10.2 Å². The number of benzene rings is 1. The standard InChI is InChI=1S/C10H15N3O4S/c1-17-6-5-12-18(15,16)9-4-2-3-8(7-9)10(14)13-11/h2-4,7,12H,5-6,11H2,1H3,(H,13,14). The zero-order chi connectivity index (χ0) is 13.6. The Morgan fingerprint density at radius 3 is 2.78 bits per heavy atom.